The summed E-state index contributed by atoms with van der Waals surface area (Å²) < 4.78 is 11.5. The Hall–Kier alpha value is -2.53. The third-order valence-corrected chi connectivity index (χ3v) is 4.48. The minimum absolute atomic E-state index is 0.00533. The zero-order valence-electron chi connectivity index (χ0n) is 14.9. The lowest BCUT2D eigenvalue weighted by Gasteiger charge is -2.13. The molecular formula is C21H26N2O3. The van der Waals surface area contributed by atoms with Crippen LogP contribution in [0.15, 0.2) is 54.6 Å². The van der Waals surface area contributed by atoms with Gasteiger partial charge in [0.05, 0.1) is 0 Å². The van der Waals surface area contributed by atoms with E-state index >= 15 is 0 Å². The van der Waals surface area contributed by atoms with Crippen molar-refractivity contribution in [2.75, 3.05) is 26.2 Å². The highest BCUT2D eigenvalue weighted by atomic mass is 16.5. The molecule has 26 heavy (non-hydrogen) atoms. The monoisotopic (exact) mass is 354 g/mol. The highest BCUT2D eigenvalue weighted by Gasteiger charge is 2.14. The molecule has 2 N–H and O–H groups in total. The molecule has 0 bridgehead atoms. The fourth-order valence-corrected chi connectivity index (χ4v) is 2.99. The SMILES string of the molecule is O=C(COc1ccccc1OCc1ccccc1)NCCC1CCNC1. The van der Waals surface area contributed by atoms with E-state index in [4.69, 9.17) is 9.47 Å². The maximum Gasteiger partial charge on any atom is 0.257 e. The van der Waals surface area contributed by atoms with E-state index in [1.807, 2.05) is 54.6 Å². The summed E-state index contributed by atoms with van der Waals surface area (Å²) in [5.41, 5.74) is 1.08. The molecule has 0 aliphatic carbocycles. The second-order valence-corrected chi connectivity index (χ2v) is 6.51. The van der Waals surface area contributed by atoms with Gasteiger partial charge in [-0.2, -0.15) is 0 Å². The highest BCUT2D eigenvalue weighted by molar-refractivity contribution is 5.77. The fraction of sp³-hybridized carbons (Fsp3) is 0.381. The molecule has 1 saturated heterocycles. The van der Waals surface area contributed by atoms with Crippen LogP contribution in [0.1, 0.15) is 18.4 Å². The van der Waals surface area contributed by atoms with E-state index in [1.54, 1.807) is 0 Å². The first-order valence-electron chi connectivity index (χ1n) is 9.17. The second kappa shape index (κ2) is 9.82. The molecule has 0 spiro atoms. The maximum absolute atomic E-state index is 12.0. The normalized spacial score (nSPS) is 16.2. The van der Waals surface area contributed by atoms with Gasteiger partial charge in [-0.25, -0.2) is 0 Å². The number of hydrogen-bond donors (Lipinski definition) is 2. The van der Waals surface area contributed by atoms with E-state index in [1.165, 1.54) is 6.42 Å². The van der Waals surface area contributed by atoms with Gasteiger partial charge in [0.1, 0.15) is 6.61 Å². The van der Waals surface area contributed by atoms with Crippen molar-refractivity contribution < 1.29 is 14.3 Å². The third-order valence-electron chi connectivity index (χ3n) is 4.48. The lowest BCUT2D eigenvalue weighted by molar-refractivity contribution is -0.123. The minimum Gasteiger partial charge on any atom is -0.485 e. The van der Waals surface area contributed by atoms with Crippen molar-refractivity contribution >= 4 is 5.91 Å². The van der Waals surface area contributed by atoms with Crippen LogP contribution in [0.3, 0.4) is 0 Å². The summed E-state index contributed by atoms with van der Waals surface area (Å²) in [5.74, 6) is 1.79. The molecule has 0 aromatic heterocycles. The average Bonchev–Trinajstić information content (AvgIpc) is 3.20. The summed E-state index contributed by atoms with van der Waals surface area (Å²) in [6.45, 7) is 3.29. The van der Waals surface area contributed by atoms with Crippen molar-refractivity contribution in [1.29, 1.82) is 0 Å². The molecule has 1 aliphatic heterocycles. The van der Waals surface area contributed by atoms with E-state index < -0.39 is 0 Å². The molecule has 1 heterocycles. The number of carbonyl (C=O) groups is 1. The predicted octanol–water partition coefficient (Wildman–Crippen LogP) is 2.76. The molecule has 1 amide bonds. The molecule has 5 nitrogen and oxygen atoms in total. The number of para-hydroxylation sites is 2. The lowest BCUT2D eigenvalue weighted by Crippen LogP contribution is -2.31. The summed E-state index contributed by atoms with van der Waals surface area (Å²) in [6, 6.07) is 17.4. The number of benzene rings is 2. The molecule has 1 aliphatic rings. The second-order valence-electron chi connectivity index (χ2n) is 6.51. The van der Waals surface area contributed by atoms with Crippen LogP contribution in [0.2, 0.25) is 0 Å². The smallest absolute Gasteiger partial charge is 0.257 e. The van der Waals surface area contributed by atoms with Crippen molar-refractivity contribution in [1.82, 2.24) is 10.6 Å². The molecule has 0 saturated carbocycles. The highest BCUT2D eigenvalue weighted by Crippen LogP contribution is 2.27. The summed E-state index contributed by atoms with van der Waals surface area (Å²) in [5, 5.41) is 6.26. The zero-order valence-corrected chi connectivity index (χ0v) is 14.9. The molecule has 5 heteroatoms. The first kappa shape index (κ1) is 18.3. The van der Waals surface area contributed by atoms with Gasteiger partial charge in [0.25, 0.3) is 5.91 Å². The summed E-state index contributed by atoms with van der Waals surface area (Å²) in [4.78, 5) is 12.0. The average molecular weight is 354 g/mol. The molecule has 1 unspecified atom stereocenters. The van der Waals surface area contributed by atoms with Gasteiger partial charge in [-0.1, -0.05) is 42.5 Å². The molecule has 1 fully saturated rings. The Morgan fingerprint density at radius 2 is 1.77 bits per heavy atom. The van der Waals surface area contributed by atoms with Crippen molar-refractivity contribution in [2.45, 2.75) is 19.4 Å². The van der Waals surface area contributed by atoms with E-state index in [2.05, 4.69) is 10.6 Å². The van der Waals surface area contributed by atoms with Gasteiger partial charge in [0.15, 0.2) is 18.1 Å². The minimum atomic E-state index is -0.103. The van der Waals surface area contributed by atoms with Crippen molar-refractivity contribution in [3.8, 4) is 11.5 Å². The number of rotatable bonds is 9. The van der Waals surface area contributed by atoms with Gasteiger partial charge >= 0.3 is 0 Å². The number of nitrogens with one attached hydrogen (secondary N) is 2. The van der Waals surface area contributed by atoms with E-state index in [0.717, 1.165) is 25.1 Å². The summed E-state index contributed by atoms with van der Waals surface area (Å²) in [6.07, 6.45) is 2.20. The maximum atomic E-state index is 12.0. The van der Waals surface area contributed by atoms with Crippen LogP contribution < -0.4 is 20.1 Å². The number of amides is 1. The standard InChI is InChI=1S/C21H26N2O3/c24-21(23-13-11-17-10-12-22-14-17)16-26-20-9-5-4-8-19(20)25-15-18-6-2-1-3-7-18/h1-9,17,22H,10-16H2,(H,23,24). The predicted molar refractivity (Wildman–Crippen MR) is 101 cm³/mol. The van der Waals surface area contributed by atoms with Gasteiger partial charge in [0.2, 0.25) is 0 Å². The van der Waals surface area contributed by atoms with Crippen LogP contribution in [0.5, 0.6) is 11.5 Å². The van der Waals surface area contributed by atoms with Gasteiger partial charge in [-0.05, 0) is 49.5 Å². The van der Waals surface area contributed by atoms with Crippen LogP contribution in [-0.2, 0) is 11.4 Å². The molecule has 0 radical (unpaired) electrons. The first-order chi connectivity index (χ1) is 12.8. The van der Waals surface area contributed by atoms with E-state index in [9.17, 15) is 4.79 Å². The van der Waals surface area contributed by atoms with E-state index in [0.29, 0.717) is 30.6 Å². The molecule has 1 atom stereocenters. The Morgan fingerprint density at radius 1 is 1.04 bits per heavy atom. The Balaban J connectivity index is 1.43. The van der Waals surface area contributed by atoms with Crippen LogP contribution in [0.4, 0.5) is 0 Å². The van der Waals surface area contributed by atoms with Crippen molar-refractivity contribution in [3.63, 3.8) is 0 Å². The third kappa shape index (κ3) is 5.77. The quantitative estimate of drug-likeness (QED) is 0.727. The zero-order chi connectivity index (χ0) is 18.0. The Bertz CT molecular complexity index is 685. The van der Waals surface area contributed by atoms with Crippen LogP contribution in [0.25, 0.3) is 0 Å². The van der Waals surface area contributed by atoms with Gasteiger partial charge < -0.3 is 20.1 Å². The van der Waals surface area contributed by atoms with Gasteiger partial charge in [0, 0.05) is 6.54 Å². The fourth-order valence-electron chi connectivity index (χ4n) is 2.99. The van der Waals surface area contributed by atoms with Gasteiger partial charge in [-0.15, -0.1) is 0 Å². The van der Waals surface area contributed by atoms with E-state index in [-0.39, 0.29) is 12.5 Å². The molecule has 2 aromatic carbocycles. The Morgan fingerprint density at radius 3 is 2.50 bits per heavy atom. The molecule has 138 valence electrons. The molecule has 3 rings (SSSR count). The number of ether oxygens (including phenoxy) is 2. The largest absolute Gasteiger partial charge is 0.485 e. The van der Waals surface area contributed by atoms with Gasteiger partial charge in [-0.3, -0.25) is 4.79 Å². The number of carbonyl (C=O) groups excluding carboxylic acids is 1. The Labute approximate surface area is 154 Å². The topological polar surface area (TPSA) is 59.6 Å². The molecule has 2 aromatic rings. The van der Waals surface area contributed by atoms with Crippen LogP contribution in [0, 0.1) is 5.92 Å². The molecular weight excluding hydrogens is 328 g/mol. The number of hydrogen-bond acceptors (Lipinski definition) is 4. The van der Waals surface area contributed by atoms with Crippen molar-refractivity contribution in [2.24, 2.45) is 5.92 Å². The van der Waals surface area contributed by atoms with Crippen LogP contribution in [-0.4, -0.2) is 32.1 Å². The Kier molecular flexibility index (Phi) is 6.90. The summed E-state index contributed by atoms with van der Waals surface area (Å²) in [7, 11) is 0. The lowest BCUT2D eigenvalue weighted by atomic mass is 10.1. The van der Waals surface area contributed by atoms with Crippen molar-refractivity contribution in [3.05, 3.63) is 60.2 Å². The first-order valence-corrected chi connectivity index (χ1v) is 9.17. The summed E-state index contributed by atoms with van der Waals surface area (Å²) >= 11 is 0. The van der Waals surface area contributed by atoms with Crippen LogP contribution >= 0.6 is 0 Å².